The molecular weight excluding hydrogens is 393 g/mol. The van der Waals surface area contributed by atoms with Crippen molar-refractivity contribution in [2.45, 2.75) is 46.4 Å². The molecule has 26 heavy (non-hydrogen) atoms. The fourth-order valence-electron chi connectivity index (χ4n) is 2.28. The first-order valence-electron chi connectivity index (χ1n) is 8.59. The molecule has 0 saturated heterocycles. The van der Waals surface area contributed by atoms with Crippen molar-refractivity contribution in [1.82, 2.24) is 5.32 Å². The van der Waals surface area contributed by atoms with E-state index < -0.39 is 0 Å². The Morgan fingerprint density at radius 3 is 2.42 bits per heavy atom. The Morgan fingerprint density at radius 1 is 1.00 bits per heavy atom. The minimum Gasteiger partial charge on any atom is -0.490 e. The van der Waals surface area contributed by atoms with Crippen LogP contribution in [0.25, 0.3) is 0 Å². The lowest BCUT2D eigenvalue weighted by Crippen LogP contribution is -2.24. The van der Waals surface area contributed by atoms with E-state index in [1.807, 2.05) is 25.1 Å². The molecule has 0 aliphatic heterocycles. The van der Waals surface area contributed by atoms with Crippen LogP contribution in [0.2, 0.25) is 10.0 Å². The normalized spacial score (nSPS) is 11.6. The Hall–Kier alpha value is -1.13. The number of hydrogen-bond donors (Lipinski definition) is 1. The van der Waals surface area contributed by atoms with Crippen LogP contribution in [0.3, 0.4) is 0 Å². The molecule has 1 N–H and O–H groups in total. The lowest BCUT2D eigenvalue weighted by Gasteiger charge is -2.15. The van der Waals surface area contributed by atoms with Crippen LogP contribution in [0.1, 0.15) is 38.3 Å². The summed E-state index contributed by atoms with van der Waals surface area (Å²) in [5, 5.41) is 4.69. The molecule has 0 aliphatic carbocycles. The Bertz CT molecular complexity index is 695. The van der Waals surface area contributed by atoms with Crippen LogP contribution >= 0.6 is 35.6 Å². The first-order valence-corrected chi connectivity index (χ1v) is 9.34. The molecule has 0 bridgehead atoms. The molecule has 1 atom stereocenters. The summed E-state index contributed by atoms with van der Waals surface area (Å²) in [6, 6.07) is 11.9. The Kier molecular flexibility index (Phi) is 10.2. The van der Waals surface area contributed by atoms with Crippen LogP contribution in [0.15, 0.2) is 36.4 Å². The predicted molar refractivity (Wildman–Crippen MR) is 112 cm³/mol. The maximum Gasteiger partial charge on any atom is 0.161 e. The van der Waals surface area contributed by atoms with E-state index in [1.54, 1.807) is 12.1 Å². The van der Waals surface area contributed by atoms with Gasteiger partial charge in [0, 0.05) is 28.2 Å². The molecule has 0 fully saturated rings. The minimum atomic E-state index is 0. The van der Waals surface area contributed by atoms with E-state index >= 15 is 0 Å². The first-order chi connectivity index (χ1) is 12.0. The Labute approximate surface area is 172 Å². The SMILES string of the molecule is CCOc1cc(CNC(C)CC)ccc1OCc1ccc(Cl)cc1Cl.Cl. The third kappa shape index (κ3) is 6.88. The molecule has 0 aromatic heterocycles. The van der Waals surface area contributed by atoms with Gasteiger partial charge in [0.2, 0.25) is 0 Å². The van der Waals surface area contributed by atoms with Gasteiger partial charge in [-0.1, -0.05) is 42.3 Å². The lowest BCUT2D eigenvalue weighted by molar-refractivity contribution is 0.269. The van der Waals surface area contributed by atoms with E-state index in [0.717, 1.165) is 24.3 Å². The van der Waals surface area contributed by atoms with Crippen molar-refractivity contribution in [1.29, 1.82) is 0 Å². The number of ether oxygens (including phenoxy) is 2. The van der Waals surface area contributed by atoms with Crippen molar-refractivity contribution >= 4 is 35.6 Å². The monoisotopic (exact) mass is 417 g/mol. The Balaban J connectivity index is 0.00000338. The highest BCUT2D eigenvalue weighted by atomic mass is 35.5. The Morgan fingerprint density at radius 2 is 1.77 bits per heavy atom. The van der Waals surface area contributed by atoms with Crippen LogP contribution in [-0.2, 0) is 13.2 Å². The van der Waals surface area contributed by atoms with Gasteiger partial charge >= 0.3 is 0 Å². The van der Waals surface area contributed by atoms with Crippen LogP contribution < -0.4 is 14.8 Å². The smallest absolute Gasteiger partial charge is 0.161 e. The number of halogens is 3. The summed E-state index contributed by atoms with van der Waals surface area (Å²) in [4.78, 5) is 0. The van der Waals surface area contributed by atoms with Gasteiger partial charge in [-0.25, -0.2) is 0 Å². The quantitative estimate of drug-likeness (QED) is 0.519. The van der Waals surface area contributed by atoms with Crippen LogP contribution in [0.5, 0.6) is 11.5 Å². The van der Waals surface area contributed by atoms with Gasteiger partial charge in [-0.05, 0) is 50.1 Å². The van der Waals surface area contributed by atoms with Gasteiger partial charge in [0.15, 0.2) is 11.5 Å². The van der Waals surface area contributed by atoms with Gasteiger partial charge in [0.1, 0.15) is 6.61 Å². The molecule has 0 radical (unpaired) electrons. The molecular formula is C20H26Cl3NO2. The first kappa shape index (κ1) is 22.9. The van der Waals surface area contributed by atoms with Crippen molar-refractivity contribution in [2.75, 3.05) is 6.61 Å². The number of rotatable bonds is 9. The van der Waals surface area contributed by atoms with Gasteiger partial charge in [0.05, 0.1) is 6.61 Å². The second-order valence-electron chi connectivity index (χ2n) is 5.93. The number of nitrogens with one attached hydrogen (secondary N) is 1. The molecule has 0 amide bonds. The van der Waals surface area contributed by atoms with E-state index in [9.17, 15) is 0 Å². The number of hydrogen-bond acceptors (Lipinski definition) is 3. The van der Waals surface area contributed by atoms with E-state index in [4.69, 9.17) is 32.7 Å². The summed E-state index contributed by atoms with van der Waals surface area (Å²) in [7, 11) is 0. The van der Waals surface area contributed by atoms with Gasteiger partial charge in [-0.15, -0.1) is 12.4 Å². The highest BCUT2D eigenvalue weighted by Gasteiger charge is 2.09. The molecule has 2 aromatic carbocycles. The van der Waals surface area contributed by atoms with Gasteiger partial charge < -0.3 is 14.8 Å². The highest BCUT2D eigenvalue weighted by molar-refractivity contribution is 6.35. The van der Waals surface area contributed by atoms with Crippen molar-refractivity contribution in [3.63, 3.8) is 0 Å². The van der Waals surface area contributed by atoms with Crippen LogP contribution in [0.4, 0.5) is 0 Å². The second kappa shape index (κ2) is 11.6. The minimum absolute atomic E-state index is 0. The average Bonchev–Trinajstić information content (AvgIpc) is 2.60. The highest BCUT2D eigenvalue weighted by Crippen LogP contribution is 2.30. The van der Waals surface area contributed by atoms with Crippen molar-refractivity contribution in [2.24, 2.45) is 0 Å². The van der Waals surface area contributed by atoms with E-state index in [1.165, 1.54) is 5.56 Å². The molecule has 144 valence electrons. The maximum absolute atomic E-state index is 6.20. The molecule has 2 aromatic rings. The predicted octanol–water partition coefficient (Wildman–Crippen LogP) is 6.28. The number of benzene rings is 2. The molecule has 0 aliphatic rings. The maximum atomic E-state index is 6.20. The van der Waals surface area contributed by atoms with Crippen molar-refractivity contribution in [3.8, 4) is 11.5 Å². The topological polar surface area (TPSA) is 30.5 Å². The van der Waals surface area contributed by atoms with Crippen LogP contribution in [-0.4, -0.2) is 12.6 Å². The third-order valence-electron chi connectivity index (χ3n) is 3.97. The molecule has 1 unspecified atom stereocenters. The van der Waals surface area contributed by atoms with Gasteiger partial charge in [-0.2, -0.15) is 0 Å². The van der Waals surface area contributed by atoms with E-state index in [-0.39, 0.29) is 12.4 Å². The van der Waals surface area contributed by atoms with Crippen molar-refractivity contribution in [3.05, 3.63) is 57.6 Å². The summed E-state index contributed by atoms with van der Waals surface area (Å²) < 4.78 is 11.7. The zero-order chi connectivity index (χ0) is 18.2. The molecule has 3 nitrogen and oxygen atoms in total. The summed E-state index contributed by atoms with van der Waals surface area (Å²) in [6.45, 7) is 8.06. The zero-order valence-corrected chi connectivity index (χ0v) is 17.7. The van der Waals surface area contributed by atoms with E-state index in [0.29, 0.717) is 35.1 Å². The fourth-order valence-corrected chi connectivity index (χ4v) is 2.74. The molecule has 6 heteroatoms. The summed E-state index contributed by atoms with van der Waals surface area (Å²) in [5.41, 5.74) is 2.05. The van der Waals surface area contributed by atoms with Gasteiger partial charge in [0.25, 0.3) is 0 Å². The van der Waals surface area contributed by atoms with E-state index in [2.05, 4.69) is 25.2 Å². The zero-order valence-electron chi connectivity index (χ0n) is 15.4. The van der Waals surface area contributed by atoms with Gasteiger partial charge in [-0.3, -0.25) is 0 Å². The average molecular weight is 419 g/mol. The van der Waals surface area contributed by atoms with Crippen LogP contribution in [0, 0.1) is 0 Å². The summed E-state index contributed by atoms with van der Waals surface area (Å²) in [6.07, 6.45) is 1.10. The largest absolute Gasteiger partial charge is 0.490 e. The molecule has 2 rings (SSSR count). The molecule has 0 saturated carbocycles. The van der Waals surface area contributed by atoms with Crippen molar-refractivity contribution < 1.29 is 9.47 Å². The summed E-state index contributed by atoms with van der Waals surface area (Å²) in [5.74, 6) is 1.45. The molecule has 0 heterocycles. The summed E-state index contributed by atoms with van der Waals surface area (Å²) >= 11 is 12.1. The standard InChI is InChI=1S/C20H25Cl2NO2.ClH/c1-4-14(3)23-12-15-6-9-19(20(10-15)24-5-2)25-13-16-7-8-17(21)11-18(16)22;/h6-11,14,23H,4-5,12-13H2,1-3H3;1H. The lowest BCUT2D eigenvalue weighted by atomic mass is 10.1. The third-order valence-corrected chi connectivity index (χ3v) is 4.56. The fraction of sp³-hybridized carbons (Fsp3) is 0.400. The molecule has 0 spiro atoms. The second-order valence-corrected chi connectivity index (χ2v) is 6.77.